The summed E-state index contributed by atoms with van der Waals surface area (Å²) in [6, 6.07) is 19.7. The van der Waals surface area contributed by atoms with Crippen molar-refractivity contribution < 1.29 is 9.59 Å². The van der Waals surface area contributed by atoms with Gasteiger partial charge in [-0.25, -0.2) is 9.59 Å². The molecule has 0 bridgehead atoms. The maximum atomic E-state index is 13.1. The zero-order valence-corrected chi connectivity index (χ0v) is 28.6. The van der Waals surface area contributed by atoms with Crippen LogP contribution in [-0.2, 0) is 0 Å². The fourth-order valence-electron chi connectivity index (χ4n) is 5.41. The van der Waals surface area contributed by atoms with E-state index in [2.05, 4.69) is 20.6 Å². The van der Waals surface area contributed by atoms with E-state index in [0.29, 0.717) is 39.3 Å². The third-order valence-electron chi connectivity index (χ3n) is 8.15. The van der Waals surface area contributed by atoms with Crippen LogP contribution in [0, 0.1) is 0 Å². The van der Waals surface area contributed by atoms with Gasteiger partial charge in [-0.05, 0) is 36.8 Å². The minimum Gasteiger partial charge on any atom is -0.370 e. The molecule has 0 radical (unpaired) electrons. The van der Waals surface area contributed by atoms with Crippen LogP contribution in [0.15, 0.2) is 82.8 Å². The summed E-state index contributed by atoms with van der Waals surface area (Å²) in [6.45, 7) is 3.41. The number of nitrogens with two attached hydrogens (primary N) is 2. The van der Waals surface area contributed by atoms with Crippen LogP contribution >= 0.6 is 0 Å². The van der Waals surface area contributed by atoms with Crippen LogP contribution in [0.1, 0.15) is 88.2 Å². The van der Waals surface area contributed by atoms with Crippen molar-refractivity contribution in [2.45, 2.75) is 77.0 Å². The van der Waals surface area contributed by atoms with Crippen LogP contribution in [0.5, 0.6) is 0 Å². The third-order valence-corrected chi connectivity index (χ3v) is 8.15. The molecule has 0 fully saturated rings. The number of hydrogen-bond acceptors (Lipinski definition) is 6. The largest absolute Gasteiger partial charge is 0.370 e. The molecule has 1 aliphatic rings. The molecule has 1 aliphatic heterocycles. The SMILES string of the molecule is NC1=NCCCCCCCCN(C/C=C/c2ccccc2)C(=O)NC(N)=NCCCCCCCCN(C/C=C/c2ccccc2)C(=O)N1. The minimum atomic E-state index is -0.220. The average molecular weight is 657 g/mol. The van der Waals surface area contributed by atoms with Gasteiger partial charge in [0.25, 0.3) is 0 Å². The zero-order valence-electron chi connectivity index (χ0n) is 28.6. The minimum absolute atomic E-state index is 0.168. The number of rotatable bonds is 6. The second-order valence-electron chi connectivity index (χ2n) is 12.2. The van der Waals surface area contributed by atoms with E-state index >= 15 is 0 Å². The number of aliphatic imine (C=N–C) groups is 2. The van der Waals surface area contributed by atoms with Gasteiger partial charge in [-0.2, -0.15) is 0 Å². The molecule has 48 heavy (non-hydrogen) atoms. The fourth-order valence-corrected chi connectivity index (χ4v) is 5.41. The quantitative estimate of drug-likeness (QED) is 0.273. The summed E-state index contributed by atoms with van der Waals surface area (Å²) in [7, 11) is 0. The Balaban J connectivity index is 1.54. The Morgan fingerprint density at radius 3 is 1.29 bits per heavy atom. The van der Waals surface area contributed by atoms with Gasteiger partial charge in [-0.15, -0.1) is 0 Å². The van der Waals surface area contributed by atoms with E-state index in [0.717, 1.165) is 88.2 Å². The van der Waals surface area contributed by atoms with Crippen LogP contribution in [0.25, 0.3) is 12.2 Å². The highest BCUT2D eigenvalue weighted by atomic mass is 16.2. The summed E-state index contributed by atoms with van der Waals surface area (Å²) in [5.74, 6) is 0.336. The Kier molecular flexibility index (Phi) is 18.7. The van der Waals surface area contributed by atoms with Crippen molar-refractivity contribution in [3.8, 4) is 0 Å². The highest BCUT2D eigenvalue weighted by Gasteiger charge is 2.14. The fraction of sp³-hybridized carbons (Fsp3) is 0.474. The van der Waals surface area contributed by atoms with E-state index in [9.17, 15) is 9.59 Å². The lowest BCUT2D eigenvalue weighted by atomic mass is 10.1. The van der Waals surface area contributed by atoms with Crippen molar-refractivity contribution in [1.82, 2.24) is 20.4 Å². The molecule has 2 aromatic carbocycles. The standard InChI is InChI=1S/C38H56N8O2/c39-35-41-27-15-5-1-3-7-17-29-45(31-19-25-33-21-11-9-12-22-33)37(47)44-36(40)42-28-16-6-2-4-8-18-30-46(38(48)43-35)32-20-26-34-23-13-10-14-24-34/h9-14,19-26H,1-8,15-18,27-32H2,(H3,39,41,43,48)(H3,40,42,44,47)/b25-19+,26-20+. The molecular weight excluding hydrogens is 600 g/mol. The summed E-state index contributed by atoms with van der Waals surface area (Å²) in [6.07, 6.45) is 20.1. The Bertz CT molecular complexity index is 1210. The van der Waals surface area contributed by atoms with Gasteiger partial charge in [0.05, 0.1) is 0 Å². The van der Waals surface area contributed by atoms with Crippen LogP contribution in [0.3, 0.4) is 0 Å². The van der Waals surface area contributed by atoms with Crippen LogP contribution in [0.4, 0.5) is 9.59 Å². The maximum Gasteiger partial charge on any atom is 0.324 e. The smallest absolute Gasteiger partial charge is 0.324 e. The van der Waals surface area contributed by atoms with Crippen molar-refractivity contribution in [3.63, 3.8) is 0 Å². The van der Waals surface area contributed by atoms with Crippen molar-refractivity contribution in [2.24, 2.45) is 21.5 Å². The normalized spacial score (nSPS) is 18.2. The van der Waals surface area contributed by atoms with E-state index in [1.165, 1.54) is 0 Å². The Labute approximate surface area is 287 Å². The molecule has 260 valence electrons. The first kappa shape index (κ1) is 37.9. The molecule has 10 heteroatoms. The van der Waals surface area contributed by atoms with Crippen molar-refractivity contribution in [1.29, 1.82) is 0 Å². The zero-order chi connectivity index (χ0) is 34.1. The molecular formula is C38H56N8O2. The van der Waals surface area contributed by atoms with E-state index in [-0.39, 0.29) is 24.0 Å². The van der Waals surface area contributed by atoms with Gasteiger partial charge in [0.1, 0.15) is 0 Å². The number of benzene rings is 2. The molecule has 0 spiro atoms. The number of nitrogens with zero attached hydrogens (tertiary/aromatic N) is 4. The Morgan fingerprint density at radius 2 is 0.896 bits per heavy atom. The number of guanidine groups is 2. The monoisotopic (exact) mass is 656 g/mol. The summed E-state index contributed by atoms with van der Waals surface area (Å²) < 4.78 is 0. The molecule has 1 heterocycles. The summed E-state index contributed by atoms with van der Waals surface area (Å²) in [5.41, 5.74) is 14.4. The van der Waals surface area contributed by atoms with Gasteiger partial charge in [0.2, 0.25) is 0 Å². The second kappa shape index (κ2) is 23.7. The van der Waals surface area contributed by atoms with Gasteiger partial charge < -0.3 is 21.3 Å². The highest BCUT2D eigenvalue weighted by Crippen LogP contribution is 2.10. The Hall–Kier alpha value is -4.60. The molecule has 0 saturated heterocycles. The lowest BCUT2D eigenvalue weighted by Gasteiger charge is -2.21. The molecule has 2 aromatic rings. The van der Waals surface area contributed by atoms with E-state index in [1.807, 2.05) is 85.0 Å². The van der Waals surface area contributed by atoms with Gasteiger partial charge in [0.15, 0.2) is 11.9 Å². The third kappa shape index (κ3) is 16.8. The van der Waals surface area contributed by atoms with Gasteiger partial charge in [-0.1, -0.05) is 136 Å². The lowest BCUT2D eigenvalue weighted by Crippen LogP contribution is -2.46. The predicted octanol–water partition coefficient (Wildman–Crippen LogP) is 6.76. The van der Waals surface area contributed by atoms with Crippen molar-refractivity contribution in [2.75, 3.05) is 39.3 Å². The molecule has 4 amide bonds. The highest BCUT2D eigenvalue weighted by molar-refractivity contribution is 5.96. The van der Waals surface area contributed by atoms with Gasteiger partial charge >= 0.3 is 12.1 Å². The summed E-state index contributed by atoms with van der Waals surface area (Å²) >= 11 is 0. The molecule has 6 N–H and O–H groups in total. The summed E-state index contributed by atoms with van der Waals surface area (Å²) in [5, 5.41) is 5.58. The topological polar surface area (TPSA) is 141 Å². The van der Waals surface area contributed by atoms with Crippen molar-refractivity contribution >= 4 is 36.1 Å². The molecule has 0 aliphatic carbocycles. The Morgan fingerprint density at radius 1 is 0.542 bits per heavy atom. The molecule has 0 saturated carbocycles. The predicted molar refractivity (Wildman–Crippen MR) is 200 cm³/mol. The molecule has 3 rings (SSSR count). The van der Waals surface area contributed by atoms with Gasteiger partial charge in [-0.3, -0.25) is 20.6 Å². The van der Waals surface area contributed by atoms with E-state index in [4.69, 9.17) is 11.5 Å². The van der Waals surface area contributed by atoms with Gasteiger partial charge in [0, 0.05) is 39.3 Å². The number of carbonyl (C=O) groups excluding carboxylic acids is 2. The van der Waals surface area contributed by atoms with E-state index < -0.39 is 0 Å². The molecule has 0 atom stereocenters. The van der Waals surface area contributed by atoms with Crippen molar-refractivity contribution in [3.05, 3.63) is 83.9 Å². The van der Waals surface area contributed by atoms with Crippen LogP contribution in [0.2, 0.25) is 0 Å². The molecule has 10 nitrogen and oxygen atoms in total. The first-order valence-corrected chi connectivity index (χ1v) is 17.7. The maximum absolute atomic E-state index is 13.1. The summed E-state index contributed by atoms with van der Waals surface area (Å²) in [4.78, 5) is 38.6. The molecule has 0 aromatic heterocycles. The second-order valence-corrected chi connectivity index (χ2v) is 12.2. The average Bonchev–Trinajstić information content (AvgIpc) is 3.09. The van der Waals surface area contributed by atoms with Crippen LogP contribution in [-0.4, -0.2) is 73.0 Å². The number of urea groups is 2. The lowest BCUT2D eigenvalue weighted by molar-refractivity contribution is 0.206. The molecule has 0 unspecified atom stereocenters. The number of carbonyl (C=O) groups is 2. The number of amides is 4. The van der Waals surface area contributed by atoms with E-state index in [1.54, 1.807) is 9.80 Å². The van der Waals surface area contributed by atoms with Crippen LogP contribution < -0.4 is 22.1 Å². The first-order chi connectivity index (χ1) is 23.5. The first-order valence-electron chi connectivity index (χ1n) is 17.7. The number of hydrogen-bond donors (Lipinski definition) is 4. The number of nitrogens with one attached hydrogen (secondary N) is 2.